The van der Waals surface area contributed by atoms with Crippen LogP contribution in [0.2, 0.25) is 0 Å². The fourth-order valence-corrected chi connectivity index (χ4v) is 8.18. The van der Waals surface area contributed by atoms with Crippen LogP contribution in [0.15, 0.2) is 0 Å². The van der Waals surface area contributed by atoms with Gasteiger partial charge in [0, 0.05) is 25.5 Å². The van der Waals surface area contributed by atoms with E-state index < -0.39 is 5.97 Å². The molecule has 4 nitrogen and oxygen atoms in total. The Labute approximate surface area is 186 Å². The van der Waals surface area contributed by atoms with E-state index >= 15 is 0 Å². The van der Waals surface area contributed by atoms with E-state index in [4.69, 9.17) is 0 Å². The third kappa shape index (κ3) is 3.04. The van der Waals surface area contributed by atoms with Gasteiger partial charge in [0.05, 0.1) is 0 Å². The van der Waals surface area contributed by atoms with Gasteiger partial charge in [0.2, 0.25) is 5.91 Å². The summed E-state index contributed by atoms with van der Waals surface area (Å²) >= 11 is 0. The molecule has 0 aromatic heterocycles. The summed E-state index contributed by atoms with van der Waals surface area (Å²) in [7, 11) is 2.00. The predicted octanol–water partition coefficient (Wildman–Crippen LogP) is -0.144. The van der Waals surface area contributed by atoms with Crippen LogP contribution < -0.4 is 34.7 Å². The maximum absolute atomic E-state index is 12.2. The topological polar surface area (TPSA) is 60.4 Å². The van der Waals surface area contributed by atoms with Crippen molar-refractivity contribution in [1.29, 1.82) is 0 Å². The zero-order valence-electron chi connectivity index (χ0n) is 17.8. The van der Waals surface area contributed by atoms with Gasteiger partial charge in [0.1, 0.15) is 0 Å². The molecule has 1 saturated heterocycles. The molecule has 0 bridgehead atoms. The summed E-state index contributed by atoms with van der Waals surface area (Å²) in [6, 6.07) is 0.397. The van der Waals surface area contributed by atoms with Gasteiger partial charge >= 0.3 is 29.6 Å². The molecule has 0 aromatic rings. The fraction of sp³-hybridized carbons (Fsp3) is 0.909. The summed E-state index contributed by atoms with van der Waals surface area (Å²) in [5, 5.41) is 11.5. The molecule has 4 aliphatic rings. The zero-order chi connectivity index (χ0) is 18.9. The third-order valence-corrected chi connectivity index (χ3v) is 9.61. The molecule has 8 atom stereocenters. The van der Waals surface area contributed by atoms with Crippen molar-refractivity contribution in [2.24, 2.45) is 40.4 Å². The van der Waals surface area contributed by atoms with Crippen molar-refractivity contribution in [3.8, 4) is 0 Å². The van der Waals surface area contributed by atoms with Crippen LogP contribution in [0.4, 0.5) is 0 Å². The number of hydrogen-bond donors (Lipinski definition) is 0. The van der Waals surface area contributed by atoms with Crippen molar-refractivity contribution >= 4 is 11.9 Å². The predicted molar refractivity (Wildman–Crippen MR) is 97.8 cm³/mol. The number of piperidine rings is 1. The van der Waals surface area contributed by atoms with Crippen molar-refractivity contribution in [3.63, 3.8) is 0 Å². The summed E-state index contributed by atoms with van der Waals surface area (Å²) in [6.07, 6.45) is 8.60. The quantitative estimate of drug-likeness (QED) is 0.624. The standard InChI is InChI=1S/C22H35NO3.Na/c1-13(20(25)26)15-6-7-16-14-5-8-18-22(3,12-10-19(24)23(18)4)17(14)9-11-21(15,16)2;/h13-18H,5-12H2,1-4H3,(H,25,26);/q;+1/p-1/t13-,14-,15+,16-,17-,18+,21+,22+;/m0./s1. The van der Waals surface area contributed by atoms with E-state index in [-0.39, 0.29) is 52.2 Å². The van der Waals surface area contributed by atoms with E-state index in [9.17, 15) is 14.7 Å². The monoisotopic (exact) mass is 383 g/mol. The molecule has 3 saturated carbocycles. The molecule has 0 aromatic carbocycles. The van der Waals surface area contributed by atoms with Crippen LogP contribution in [-0.4, -0.2) is 29.9 Å². The van der Waals surface area contributed by atoms with E-state index in [0.29, 0.717) is 36.1 Å². The van der Waals surface area contributed by atoms with Gasteiger partial charge < -0.3 is 14.8 Å². The van der Waals surface area contributed by atoms with Gasteiger partial charge in [-0.3, -0.25) is 4.79 Å². The number of aliphatic carboxylic acids is 1. The number of carboxylic acid groups (broad SMARTS) is 1. The third-order valence-electron chi connectivity index (χ3n) is 9.61. The molecule has 4 fully saturated rings. The van der Waals surface area contributed by atoms with Crippen LogP contribution in [0, 0.1) is 40.4 Å². The molecular formula is C22H34NNaO3. The summed E-state index contributed by atoms with van der Waals surface area (Å²) in [4.78, 5) is 25.8. The first kappa shape index (κ1) is 21.6. The first-order valence-electron chi connectivity index (χ1n) is 10.7. The van der Waals surface area contributed by atoms with E-state index in [2.05, 4.69) is 13.8 Å². The zero-order valence-corrected chi connectivity index (χ0v) is 19.8. The first-order valence-corrected chi connectivity index (χ1v) is 10.7. The molecule has 4 rings (SSSR count). The van der Waals surface area contributed by atoms with Crippen LogP contribution in [0.5, 0.6) is 0 Å². The Bertz CT molecular complexity index is 625. The van der Waals surface area contributed by atoms with Gasteiger partial charge in [0.15, 0.2) is 0 Å². The van der Waals surface area contributed by atoms with Crippen molar-refractivity contribution in [1.82, 2.24) is 4.90 Å². The van der Waals surface area contributed by atoms with Gasteiger partial charge in [-0.1, -0.05) is 20.8 Å². The van der Waals surface area contributed by atoms with Crippen LogP contribution >= 0.6 is 0 Å². The Balaban J connectivity index is 0.00000210. The number of nitrogens with zero attached hydrogens (tertiary/aromatic N) is 1. The molecule has 5 heteroatoms. The molecule has 0 N–H and O–H groups in total. The van der Waals surface area contributed by atoms with Crippen molar-refractivity contribution in [3.05, 3.63) is 0 Å². The second-order valence-electron chi connectivity index (χ2n) is 10.3. The minimum atomic E-state index is -0.873. The largest absolute Gasteiger partial charge is 1.00 e. The second kappa shape index (κ2) is 7.32. The van der Waals surface area contributed by atoms with Crippen molar-refractivity contribution in [2.75, 3.05) is 7.05 Å². The van der Waals surface area contributed by atoms with Crippen LogP contribution in [0.1, 0.15) is 72.1 Å². The number of carbonyl (C=O) groups excluding carboxylic acids is 2. The summed E-state index contributed by atoms with van der Waals surface area (Å²) < 4.78 is 0. The molecule has 0 unspecified atom stereocenters. The van der Waals surface area contributed by atoms with Gasteiger partial charge in [-0.2, -0.15) is 0 Å². The van der Waals surface area contributed by atoms with Crippen LogP contribution in [0.25, 0.3) is 0 Å². The van der Waals surface area contributed by atoms with E-state index in [1.807, 2.05) is 18.9 Å². The van der Waals surface area contributed by atoms with Crippen molar-refractivity contribution < 1.29 is 44.3 Å². The molecule has 27 heavy (non-hydrogen) atoms. The molecule has 1 aliphatic heterocycles. The number of rotatable bonds is 2. The molecule has 0 radical (unpaired) electrons. The van der Waals surface area contributed by atoms with E-state index in [1.54, 1.807) is 0 Å². The normalized spacial score (nSPS) is 47.3. The molecule has 146 valence electrons. The average Bonchev–Trinajstić information content (AvgIpc) is 2.95. The number of hydrogen-bond acceptors (Lipinski definition) is 3. The van der Waals surface area contributed by atoms with Crippen LogP contribution in [0.3, 0.4) is 0 Å². The maximum Gasteiger partial charge on any atom is 1.00 e. The summed E-state index contributed by atoms with van der Waals surface area (Å²) in [5.74, 6) is 1.40. The Morgan fingerprint density at radius 2 is 1.74 bits per heavy atom. The fourth-order valence-electron chi connectivity index (χ4n) is 8.18. The Morgan fingerprint density at radius 3 is 2.41 bits per heavy atom. The molecule has 1 heterocycles. The average molecular weight is 384 g/mol. The Kier molecular flexibility index (Phi) is 5.87. The van der Waals surface area contributed by atoms with Gasteiger partial charge in [-0.05, 0) is 85.4 Å². The number of carboxylic acids is 1. The Morgan fingerprint density at radius 1 is 1.07 bits per heavy atom. The van der Waals surface area contributed by atoms with Gasteiger partial charge in [-0.25, -0.2) is 0 Å². The maximum atomic E-state index is 12.2. The van der Waals surface area contributed by atoms with Gasteiger partial charge in [0.25, 0.3) is 0 Å². The van der Waals surface area contributed by atoms with E-state index in [1.165, 1.54) is 19.3 Å². The molecule has 3 aliphatic carbocycles. The van der Waals surface area contributed by atoms with Crippen molar-refractivity contribution in [2.45, 2.75) is 78.2 Å². The number of carbonyl (C=O) groups is 2. The molecule has 0 spiro atoms. The smallest absolute Gasteiger partial charge is 0.550 e. The minimum absolute atomic E-state index is 0. The van der Waals surface area contributed by atoms with E-state index in [0.717, 1.165) is 25.7 Å². The minimum Gasteiger partial charge on any atom is -0.550 e. The SMILES string of the molecule is C[C@H](C(=O)[O-])[C@H]1CC[C@H]2[C@@H]3CC[C@H]4N(C)C(=O)CC[C@]4(C)[C@H]3CC[C@]12C.[Na+]. The number of fused-ring (bicyclic) bond motifs is 5. The number of amides is 1. The Hall–Kier alpha value is -0.0600. The molecule has 1 amide bonds. The summed E-state index contributed by atoms with van der Waals surface area (Å²) in [5.41, 5.74) is 0.394. The van der Waals surface area contributed by atoms with Gasteiger partial charge in [-0.15, -0.1) is 0 Å². The molecular weight excluding hydrogens is 349 g/mol. The van der Waals surface area contributed by atoms with Crippen LogP contribution in [-0.2, 0) is 9.59 Å². The number of likely N-dealkylation sites (tertiary alicyclic amines) is 1. The second-order valence-corrected chi connectivity index (χ2v) is 10.3. The summed E-state index contributed by atoms with van der Waals surface area (Å²) in [6.45, 7) is 6.67. The first-order chi connectivity index (χ1) is 12.2.